The monoisotopic (exact) mass is 357 g/mol. The number of hydrogen-bond donors (Lipinski definition) is 0. The molecule has 3 heteroatoms. The first kappa shape index (κ1) is 23.4. The molecule has 0 aliphatic rings. The van der Waals surface area contributed by atoms with Gasteiger partial charge in [-0.2, -0.15) is 0 Å². The first-order valence-corrected chi connectivity index (χ1v) is 16.3. The highest BCUT2D eigenvalue weighted by Gasteiger charge is 2.27. The van der Waals surface area contributed by atoms with Gasteiger partial charge in [0.15, 0.2) is 0 Å². The largest absolute Gasteiger partial charge is 0.351 e. The second kappa shape index (κ2) is 14.7. The first-order chi connectivity index (χ1) is 10.9. The molecule has 0 rings (SSSR count). The second-order valence-corrected chi connectivity index (χ2v) is 17.3. The Bertz CT molecular complexity index is 235. The van der Waals surface area contributed by atoms with E-state index in [0.717, 1.165) is 0 Å². The SMILES string of the molecule is CCCCCCCC[SiH](CCCCCCCC)N(C)[Si](C)(C)C. The van der Waals surface area contributed by atoms with Crippen LogP contribution < -0.4 is 0 Å². The van der Waals surface area contributed by atoms with Crippen LogP contribution in [0.15, 0.2) is 0 Å². The van der Waals surface area contributed by atoms with Crippen LogP contribution >= 0.6 is 0 Å². The molecule has 0 amide bonds. The van der Waals surface area contributed by atoms with Gasteiger partial charge in [0.25, 0.3) is 0 Å². The van der Waals surface area contributed by atoms with E-state index >= 15 is 0 Å². The third kappa shape index (κ3) is 13.4. The molecule has 0 unspecified atom stereocenters. The molecular weight excluding hydrogens is 310 g/mol. The van der Waals surface area contributed by atoms with E-state index in [9.17, 15) is 0 Å². The van der Waals surface area contributed by atoms with E-state index < -0.39 is 17.2 Å². The van der Waals surface area contributed by atoms with Crippen molar-refractivity contribution in [2.45, 2.75) is 123 Å². The van der Waals surface area contributed by atoms with Crippen molar-refractivity contribution in [1.29, 1.82) is 0 Å². The molecule has 0 bridgehead atoms. The molecule has 0 saturated carbocycles. The molecule has 23 heavy (non-hydrogen) atoms. The van der Waals surface area contributed by atoms with Crippen molar-refractivity contribution in [2.75, 3.05) is 7.05 Å². The maximum atomic E-state index is 2.92. The van der Waals surface area contributed by atoms with E-state index in [1.54, 1.807) is 12.1 Å². The van der Waals surface area contributed by atoms with Gasteiger partial charge in [0, 0.05) is 0 Å². The Morgan fingerprint density at radius 2 is 0.957 bits per heavy atom. The fraction of sp³-hybridized carbons (Fsp3) is 1.00. The van der Waals surface area contributed by atoms with Crippen molar-refractivity contribution in [3.05, 3.63) is 0 Å². The average Bonchev–Trinajstić information content (AvgIpc) is 2.50. The van der Waals surface area contributed by atoms with Gasteiger partial charge in [-0.1, -0.05) is 111 Å². The molecule has 0 N–H and O–H groups in total. The van der Waals surface area contributed by atoms with Gasteiger partial charge in [-0.15, -0.1) is 0 Å². The minimum absolute atomic E-state index is 0.675. The van der Waals surface area contributed by atoms with E-state index in [0.29, 0.717) is 0 Å². The van der Waals surface area contributed by atoms with Crippen LogP contribution in [0.2, 0.25) is 31.7 Å². The summed E-state index contributed by atoms with van der Waals surface area (Å²) in [6.45, 7) is 12.2. The zero-order chi connectivity index (χ0) is 17.6. The molecule has 140 valence electrons. The van der Waals surface area contributed by atoms with Crippen molar-refractivity contribution in [1.82, 2.24) is 4.23 Å². The van der Waals surface area contributed by atoms with Gasteiger partial charge in [-0.3, -0.25) is 0 Å². The topological polar surface area (TPSA) is 3.24 Å². The molecule has 0 fully saturated rings. The van der Waals surface area contributed by atoms with Crippen molar-refractivity contribution in [2.24, 2.45) is 0 Å². The molecule has 1 nitrogen and oxygen atoms in total. The van der Waals surface area contributed by atoms with Gasteiger partial charge < -0.3 is 4.23 Å². The van der Waals surface area contributed by atoms with E-state index in [1.807, 2.05) is 0 Å². The highest BCUT2D eigenvalue weighted by atomic mass is 28.4. The van der Waals surface area contributed by atoms with E-state index in [4.69, 9.17) is 0 Å². The Balaban J connectivity index is 4.04. The van der Waals surface area contributed by atoms with Crippen molar-refractivity contribution < 1.29 is 0 Å². The summed E-state index contributed by atoms with van der Waals surface area (Å²) in [7, 11) is 0.703. The average molecular weight is 358 g/mol. The molecule has 0 aliphatic heterocycles. The Morgan fingerprint density at radius 1 is 0.609 bits per heavy atom. The maximum Gasteiger partial charge on any atom is 0.111 e. The molecule has 0 atom stereocenters. The third-order valence-electron chi connectivity index (χ3n) is 5.39. The Labute approximate surface area is 151 Å². The standard InChI is InChI=1S/C20H47NSi2/c1-7-9-11-13-15-17-19-22(21(3)23(4,5)6)20-18-16-14-12-10-8-2/h22H,7-20H2,1-6H3. The molecule has 0 aliphatic carbocycles. The van der Waals surface area contributed by atoms with Gasteiger partial charge in [-0.25, -0.2) is 0 Å². The van der Waals surface area contributed by atoms with Crippen LogP contribution in [-0.2, 0) is 0 Å². The smallest absolute Gasteiger partial charge is 0.111 e. The van der Waals surface area contributed by atoms with Gasteiger partial charge in [0.1, 0.15) is 17.2 Å². The number of hydrogen-bond acceptors (Lipinski definition) is 1. The second-order valence-electron chi connectivity index (χ2n) is 8.55. The van der Waals surface area contributed by atoms with Crippen molar-refractivity contribution in [3.8, 4) is 0 Å². The van der Waals surface area contributed by atoms with Gasteiger partial charge >= 0.3 is 0 Å². The first-order valence-electron chi connectivity index (χ1n) is 10.7. The lowest BCUT2D eigenvalue weighted by Crippen LogP contribution is -2.51. The van der Waals surface area contributed by atoms with Crippen LogP contribution in [-0.4, -0.2) is 28.5 Å². The number of nitrogens with zero attached hydrogens (tertiary/aromatic N) is 1. The summed E-state index contributed by atoms with van der Waals surface area (Å²) in [5.74, 6) is 0. The molecule has 0 saturated heterocycles. The molecule has 0 aromatic carbocycles. The minimum atomic E-state index is -1.09. The van der Waals surface area contributed by atoms with Crippen LogP contribution in [0, 0.1) is 0 Å². The molecule has 0 heterocycles. The summed E-state index contributed by atoms with van der Waals surface area (Å²) in [5.41, 5.74) is 0. The Kier molecular flexibility index (Phi) is 15.0. The molecule has 0 aromatic heterocycles. The predicted octanol–water partition coefficient (Wildman–Crippen LogP) is 7.20. The van der Waals surface area contributed by atoms with Crippen molar-refractivity contribution in [3.63, 3.8) is 0 Å². The third-order valence-corrected chi connectivity index (χ3v) is 14.2. The number of rotatable bonds is 16. The lowest BCUT2D eigenvalue weighted by Gasteiger charge is -2.37. The highest BCUT2D eigenvalue weighted by Crippen LogP contribution is 2.20. The van der Waals surface area contributed by atoms with Crippen LogP contribution in [0.5, 0.6) is 0 Å². The van der Waals surface area contributed by atoms with E-state index in [2.05, 4.69) is 44.8 Å². The summed E-state index contributed by atoms with van der Waals surface area (Å²) in [6.07, 6.45) is 17.5. The lowest BCUT2D eigenvalue weighted by atomic mass is 10.1. The summed E-state index contributed by atoms with van der Waals surface area (Å²) in [5, 5.41) is 0. The normalized spacial score (nSPS) is 12.5. The Hall–Kier alpha value is 0.394. The summed E-state index contributed by atoms with van der Waals surface area (Å²) in [6, 6.07) is 3.14. The number of unbranched alkanes of at least 4 members (excludes halogenated alkanes) is 10. The van der Waals surface area contributed by atoms with Gasteiger partial charge in [0.05, 0.1) is 0 Å². The summed E-state index contributed by atoms with van der Waals surface area (Å²) < 4.78 is 2.92. The minimum Gasteiger partial charge on any atom is -0.351 e. The highest BCUT2D eigenvalue weighted by molar-refractivity contribution is 6.83. The molecule has 0 radical (unpaired) electrons. The Morgan fingerprint density at radius 3 is 1.30 bits per heavy atom. The van der Waals surface area contributed by atoms with E-state index in [1.165, 1.54) is 77.0 Å². The van der Waals surface area contributed by atoms with Gasteiger partial charge in [0.2, 0.25) is 0 Å². The maximum absolute atomic E-state index is 2.92. The molecule has 0 spiro atoms. The summed E-state index contributed by atoms with van der Waals surface area (Å²) >= 11 is 0. The van der Waals surface area contributed by atoms with Crippen LogP contribution in [0.25, 0.3) is 0 Å². The molecule has 0 aromatic rings. The fourth-order valence-electron chi connectivity index (χ4n) is 3.40. The lowest BCUT2D eigenvalue weighted by molar-refractivity contribution is 0.607. The zero-order valence-electron chi connectivity index (χ0n) is 17.4. The van der Waals surface area contributed by atoms with Crippen LogP contribution in [0.4, 0.5) is 0 Å². The zero-order valence-corrected chi connectivity index (χ0v) is 19.6. The van der Waals surface area contributed by atoms with Crippen LogP contribution in [0.3, 0.4) is 0 Å². The van der Waals surface area contributed by atoms with E-state index in [-0.39, 0.29) is 0 Å². The quantitative estimate of drug-likeness (QED) is 0.208. The fourth-order valence-corrected chi connectivity index (χ4v) is 11.1. The van der Waals surface area contributed by atoms with Gasteiger partial charge in [-0.05, 0) is 19.1 Å². The van der Waals surface area contributed by atoms with Crippen molar-refractivity contribution >= 4 is 17.2 Å². The molecular formula is C20H47NSi2. The van der Waals surface area contributed by atoms with Crippen LogP contribution in [0.1, 0.15) is 90.9 Å². The summed E-state index contributed by atoms with van der Waals surface area (Å²) in [4.78, 5) is 0. The predicted molar refractivity (Wildman–Crippen MR) is 115 cm³/mol.